The van der Waals surface area contributed by atoms with Gasteiger partial charge in [-0.3, -0.25) is 14.3 Å². The van der Waals surface area contributed by atoms with Crippen LogP contribution in [-0.2, 0) is 22.7 Å². The van der Waals surface area contributed by atoms with Crippen molar-refractivity contribution in [3.05, 3.63) is 89.0 Å². The summed E-state index contributed by atoms with van der Waals surface area (Å²) in [6.45, 7) is 0.0997. The van der Waals surface area contributed by atoms with Crippen LogP contribution in [0.1, 0.15) is 5.56 Å². The van der Waals surface area contributed by atoms with Gasteiger partial charge in [0.25, 0.3) is 0 Å². The number of aromatic nitrogens is 4. The number of rotatable bonds is 5. The lowest BCUT2D eigenvalue weighted by molar-refractivity contribution is -0.145. The molecule has 0 bridgehead atoms. The SMILES string of the molecule is O=C(Cn1ncc(=O)c2ccccc21)OCc1ccc(-n2cccn2)cc1. The summed E-state index contributed by atoms with van der Waals surface area (Å²) in [5.74, 6) is -0.424. The summed E-state index contributed by atoms with van der Waals surface area (Å²) in [4.78, 5) is 24.0. The van der Waals surface area contributed by atoms with Gasteiger partial charge < -0.3 is 4.74 Å². The van der Waals surface area contributed by atoms with E-state index in [9.17, 15) is 9.59 Å². The molecule has 0 spiro atoms. The van der Waals surface area contributed by atoms with Crippen molar-refractivity contribution in [2.45, 2.75) is 13.2 Å². The highest BCUT2D eigenvalue weighted by Crippen LogP contribution is 2.11. The Balaban J connectivity index is 1.42. The van der Waals surface area contributed by atoms with E-state index >= 15 is 0 Å². The molecule has 7 nitrogen and oxygen atoms in total. The van der Waals surface area contributed by atoms with Gasteiger partial charge in [-0.25, -0.2) is 4.68 Å². The quantitative estimate of drug-likeness (QED) is 0.511. The van der Waals surface area contributed by atoms with Gasteiger partial charge in [0.1, 0.15) is 13.2 Å². The second-order valence-corrected chi connectivity index (χ2v) is 5.96. The molecular formula is C20H16N4O3. The monoisotopic (exact) mass is 360 g/mol. The van der Waals surface area contributed by atoms with Crippen molar-refractivity contribution in [1.29, 1.82) is 0 Å². The van der Waals surface area contributed by atoms with E-state index in [1.54, 1.807) is 35.1 Å². The van der Waals surface area contributed by atoms with Crippen LogP contribution in [0.4, 0.5) is 0 Å². The van der Waals surface area contributed by atoms with Crippen molar-refractivity contribution in [3.63, 3.8) is 0 Å². The van der Waals surface area contributed by atoms with Crippen LogP contribution in [0.2, 0.25) is 0 Å². The van der Waals surface area contributed by atoms with Gasteiger partial charge in [-0.05, 0) is 35.9 Å². The van der Waals surface area contributed by atoms with Crippen LogP contribution in [0.5, 0.6) is 0 Å². The Kier molecular flexibility index (Phi) is 4.49. The zero-order chi connectivity index (χ0) is 18.6. The van der Waals surface area contributed by atoms with Crippen LogP contribution in [-0.4, -0.2) is 25.5 Å². The number of fused-ring (bicyclic) bond motifs is 1. The topological polar surface area (TPSA) is 79.0 Å². The molecule has 0 atom stereocenters. The first-order valence-electron chi connectivity index (χ1n) is 8.40. The second-order valence-electron chi connectivity index (χ2n) is 5.96. The third kappa shape index (κ3) is 3.62. The standard InChI is InChI=1S/C20H16N4O3/c25-19-12-22-24(18-5-2-1-4-17(18)19)13-20(26)27-14-15-6-8-16(9-7-15)23-11-3-10-21-23/h1-12H,13-14H2. The van der Waals surface area contributed by atoms with Gasteiger partial charge in [-0.2, -0.15) is 10.2 Å². The lowest BCUT2D eigenvalue weighted by atomic mass is 10.2. The number of ether oxygens (including phenoxy) is 1. The maximum atomic E-state index is 12.2. The Bertz CT molecular complexity index is 1130. The highest BCUT2D eigenvalue weighted by Gasteiger charge is 2.09. The number of benzene rings is 2. The average Bonchev–Trinajstić information content (AvgIpc) is 3.24. The summed E-state index contributed by atoms with van der Waals surface area (Å²) in [7, 11) is 0. The molecule has 0 aliphatic carbocycles. The highest BCUT2D eigenvalue weighted by atomic mass is 16.5. The zero-order valence-corrected chi connectivity index (χ0v) is 14.4. The van der Waals surface area contributed by atoms with E-state index in [-0.39, 0.29) is 18.6 Å². The highest BCUT2D eigenvalue weighted by molar-refractivity contribution is 5.79. The summed E-state index contributed by atoms with van der Waals surface area (Å²) in [6, 6.07) is 16.5. The lowest BCUT2D eigenvalue weighted by Crippen LogP contribution is -2.19. The predicted octanol–water partition coefficient (Wildman–Crippen LogP) is 2.33. The van der Waals surface area contributed by atoms with Crippen molar-refractivity contribution >= 4 is 16.9 Å². The van der Waals surface area contributed by atoms with Crippen LogP contribution < -0.4 is 5.43 Å². The van der Waals surface area contributed by atoms with Gasteiger partial charge in [0, 0.05) is 17.8 Å². The first-order valence-corrected chi connectivity index (χ1v) is 8.40. The molecule has 0 radical (unpaired) electrons. The molecule has 0 saturated carbocycles. The van der Waals surface area contributed by atoms with Gasteiger partial charge in [0.05, 0.1) is 17.4 Å². The Labute approximate surface area is 154 Å². The van der Waals surface area contributed by atoms with E-state index in [1.165, 1.54) is 10.9 Å². The van der Waals surface area contributed by atoms with Gasteiger partial charge in [-0.15, -0.1) is 0 Å². The van der Waals surface area contributed by atoms with Crippen LogP contribution in [0, 0.1) is 0 Å². The first-order chi connectivity index (χ1) is 13.2. The number of carbonyl (C=O) groups excluding carboxylic acids is 1. The molecule has 0 amide bonds. The minimum atomic E-state index is -0.424. The largest absolute Gasteiger partial charge is 0.459 e. The Morgan fingerprint density at radius 2 is 1.81 bits per heavy atom. The summed E-state index contributed by atoms with van der Waals surface area (Å²) in [5, 5.41) is 8.73. The van der Waals surface area contributed by atoms with Crippen molar-refractivity contribution in [3.8, 4) is 5.69 Å². The Morgan fingerprint density at radius 1 is 1.00 bits per heavy atom. The molecule has 0 aliphatic heterocycles. The first kappa shape index (κ1) is 16.7. The van der Waals surface area contributed by atoms with Gasteiger partial charge in [0.15, 0.2) is 0 Å². The second kappa shape index (κ2) is 7.25. The van der Waals surface area contributed by atoms with Crippen LogP contribution in [0.15, 0.2) is 78.0 Å². The Morgan fingerprint density at radius 3 is 2.59 bits per heavy atom. The smallest absolute Gasteiger partial charge is 0.328 e. The molecule has 7 heteroatoms. The predicted molar refractivity (Wildman–Crippen MR) is 99.4 cm³/mol. The number of hydrogen-bond acceptors (Lipinski definition) is 5. The molecule has 0 N–H and O–H groups in total. The number of esters is 1. The van der Waals surface area contributed by atoms with Gasteiger partial charge >= 0.3 is 5.97 Å². The zero-order valence-electron chi connectivity index (χ0n) is 14.4. The fourth-order valence-corrected chi connectivity index (χ4v) is 2.79. The summed E-state index contributed by atoms with van der Waals surface area (Å²) in [5.41, 5.74) is 2.23. The minimum Gasteiger partial charge on any atom is -0.459 e. The average molecular weight is 360 g/mol. The van der Waals surface area contributed by atoms with E-state index < -0.39 is 5.97 Å². The summed E-state index contributed by atoms with van der Waals surface area (Å²) < 4.78 is 8.57. The fraction of sp³-hybridized carbons (Fsp3) is 0.100. The third-order valence-electron chi connectivity index (χ3n) is 4.15. The van der Waals surface area contributed by atoms with Crippen molar-refractivity contribution in [1.82, 2.24) is 19.6 Å². The van der Waals surface area contributed by atoms with E-state index in [0.29, 0.717) is 10.9 Å². The molecule has 0 aliphatic rings. The van der Waals surface area contributed by atoms with E-state index in [0.717, 1.165) is 11.3 Å². The molecular weight excluding hydrogens is 344 g/mol. The third-order valence-corrected chi connectivity index (χ3v) is 4.15. The van der Waals surface area contributed by atoms with Crippen LogP contribution in [0.3, 0.4) is 0 Å². The van der Waals surface area contributed by atoms with Crippen LogP contribution >= 0.6 is 0 Å². The normalized spacial score (nSPS) is 10.8. The molecule has 0 unspecified atom stereocenters. The lowest BCUT2D eigenvalue weighted by Gasteiger charge is -2.10. The molecule has 2 aromatic carbocycles. The molecule has 134 valence electrons. The summed E-state index contributed by atoms with van der Waals surface area (Å²) in [6.07, 6.45) is 4.78. The number of carbonyl (C=O) groups is 1. The van der Waals surface area contributed by atoms with Crippen molar-refractivity contribution < 1.29 is 9.53 Å². The molecule has 27 heavy (non-hydrogen) atoms. The van der Waals surface area contributed by atoms with Crippen LogP contribution in [0.25, 0.3) is 16.6 Å². The van der Waals surface area contributed by atoms with Gasteiger partial charge in [0.2, 0.25) is 5.43 Å². The molecule has 0 fully saturated rings. The molecule has 2 aromatic heterocycles. The molecule has 4 rings (SSSR count). The van der Waals surface area contributed by atoms with E-state index in [2.05, 4.69) is 10.2 Å². The molecule has 2 heterocycles. The van der Waals surface area contributed by atoms with Gasteiger partial charge in [-0.1, -0.05) is 24.3 Å². The molecule has 4 aromatic rings. The maximum absolute atomic E-state index is 12.2. The minimum absolute atomic E-state index is 0.0633. The van der Waals surface area contributed by atoms with E-state index in [4.69, 9.17) is 4.74 Å². The fourth-order valence-electron chi connectivity index (χ4n) is 2.79. The Hall–Kier alpha value is -3.74. The summed E-state index contributed by atoms with van der Waals surface area (Å²) >= 11 is 0. The number of hydrogen-bond donors (Lipinski definition) is 0. The number of nitrogens with zero attached hydrogens (tertiary/aromatic N) is 4. The maximum Gasteiger partial charge on any atom is 0.328 e. The van der Waals surface area contributed by atoms with Crippen molar-refractivity contribution in [2.24, 2.45) is 0 Å². The van der Waals surface area contributed by atoms with Crippen molar-refractivity contribution in [2.75, 3.05) is 0 Å². The van der Waals surface area contributed by atoms with E-state index in [1.807, 2.05) is 36.5 Å². The molecule has 0 saturated heterocycles. The number of para-hydroxylation sites is 1.